The molecule has 16 heavy (non-hydrogen) atoms. The van der Waals surface area contributed by atoms with Crippen LogP contribution in [0.5, 0.6) is 0 Å². The summed E-state index contributed by atoms with van der Waals surface area (Å²) in [6, 6.07) is 6.59. The molecule has 1 aromatic carbocycles. The highest BCUT2D eigenvalue weighted by Gasteiger charge is 2.34. The normalized spacial score (nSPS) is 25.4. The second-order valence-corrected chi connectivity index (χ2v) is 4.49. The Morgan fingerprint density at radius 1 is 1.44 bits per heavy atom. The van der Waals surface area contributed by atoms with Crippen molar-refractivity contribution in [1.82, 2.24) is 5.32 Å². The summed E-state index contributed by atoms with van der Waals surface area (Å²) in [6.45, 7) is 2.73. The molecule has 2 N–H and O–H groups in total. The lowest BCUT2D eigenvalue weighted by Gasteiger charge is -2.12. The SMILES string of the molecule is CCC1CC1NCC(O)c1ccc(F)cc1. The predicted molar refractivity (Wildman–Crippen MR) is 61.5 cm³/mol. The van der Waals surface area contributed by atoms with E-state index in [-0.39, 0.29) is 5.82 Å². The molecular weight excluding hydrogens is 205 g/mol. The first-order chi connectivity index (χ1) is 7.70. The summed E-state index contributed by atoms with van der Waals surface area (Å²) >= 11 is 0. The Hall–Kier alpha value is -0.930. The smallest absolute Gasteiger partial charge is 0.123 e. The zero-order valence-corrected chi connectivity index (χ0v) is 9.49. The third-order valence-electron chi connectivity index (χ3n) is 3.28. The topological polar surface area (TPSA) is 32.3 Å². The fourth-order valence-corrected chi connectivity index (χ4v) is 2.01. The Bertz CT molecular complexity index is 338. The van der Waals surface area contributed by atoms with Crippen LogP contribution in [-0.2, 0) is 0 Å². The van der Waals surface area contributed by atoms with Gasteiger partial charge in [0.25, 0.3) is 0 Å². The summed E-state index contributed by atoms with van der Waals surface area (Å²) in [5, 5.41) is 13.2. The van der Waals surface area contributed by atoms with Gasteiger partial charge < -0.3 is 10.4 Å². The van der Waals surface area contributed by atoms with Crippen LogP contribution in [0.4, 0.5) is 4.39 Å². The van der Waals surface area contributed by atoms with Crippen LogP contribution in [0.2, 0.25) is 0 Å². The molecule has 2 rings (SSSR count). The first-order valence-corrected chi connectivity index (χ1v) is 5.87. The van der Waals surface area contributed by atoms with Gasteiger partial charge in [-0.05, 0) is 30.0 Å². The summed E-state index contributed by atoms with van der Waals surface area (Å²) in [5.74, 6) is 0.512. The van der Waals surface area contributed by atoms with Crippen molar-refractivity contribution in [3.05, 3.63) is 35.6 Å². The van der Waals surface area contributed by atoms with E-state index < -0.39 is 6.10 Å². The van der Waals surface area contributed by atoms with Gasteiger partial charge in [0.05, 0.1) is 6.10 Å². The summed E-state index contributed by atoms with van der Waals surface area (Å²) in [4.78, 5) is 0. The van der Waals surface area contributed by atoms with E-state index in [4.69, 9.17) is 0 Å². The number of aliphatic hydroxyl groups excluding tert-OH is 1. The minimum atomic E-state index is -0.543. The highest BCUT2D eigenvalue weighted by molar-refractivity contribution is 5.18. The van der Waals surface area contributed by atoms with Gasteiger partial charge in [0.2, 0.25) is 0 Å². The van der Waals surface area contributed by atoms with Crippen molar-refractivity contribution in [3.8, 4) is 0 Å². The van der Waals surface area contributed by atoms with Crippen LogP contribution >= 0.6 is 0 Å². The first-order valence-electron chi connectivity index (χ1n) is 5.87. The number of benzene rings is 1. The van der Waals surface area contributed by atoms with E-state index >= 15 is 0 Å². The molecule has 1 saturated carbocycles. The minimum Gasteiger partial charge on any atom is -0.387 e. The van der Waals surface area contributed by atoms with E-state index in [0.717, 1.165) is 11.5 Å². The number of hydrogen-bond donors (Lipinski definition) is 2. The number of halogens is 1. The maximum Gasteiger partial charge on any atom is 0.123 e. The lowest BCUT2D eigenvalue weighted by Crippen LogP contribution is -2.24. The molecule has 0 heterocycles. The van der Waals surface area contributed by atoms with Crippen LogP contribution in [0.3, 0.4) is 0 Å². The van der Waals surface area contributed by atoms with E-state index in [1.807, 2.05) is 0 Å². The molecule has 3 heteroatoms. The van der Waals surface area contributed by atoms with E-state index in [1.54, 1.807) is 12.1 Å². The van der Waals surface area contributed by atoms with Gasteiger partial charge in [-0.25, -0.2) is 4.39 Å². The second kappa shape index (κ2) is 4.93. The highest BCUT2D eigenvalue weighted by atomic mass is 19.1. The molecule has 0 amide bonds. The van der Waals surface area contributed by atoms with Crippen LogP contribution < -0.4 is 5.32 Å². The molecule has 0 aliphatic heterocycles. The number of rotatable bonds is 5. The summed E-state index contributed by atoms with van der Waals surface area (Å²) in [6.07, 6.45) is 1.87. The van der Waals surface area contributed by atoms with Crippen LogP contribution in [0.15, 0.2) is 24.3 Å². The number of hydrogen-bond acceptors (Lipinski definition) is 2. The zero-order valence-electron chi connectivity index (χ0n) is 9.49. The molecule has 1 aliphatic carbocycles. The Labute approximate surface area is 95.5 Å². The van der Waals surface area contributed by atoms with Gasteiger partial charge in [-0.3, -0.25) is 0 Å². The molecule has 1 aliphatic rings. The van der Waals surface area contributed by atoms with Gasteiger partial charge in [0, 0.05) is 12.6 Å². The summed E-state index contributed by atoms with van der Waals surface area (Å²) in [7, 11) is 0. The van der Waals surface area contributed by atoms with Crippen molar-refractivity contribution < 1.29 is 9.50 Å². The van der Waals surface area contributed by atoms with E-state index in [1.165, 1.54) is 25.0 Å². The van der Waals surface area contributed by atoms with E-state index in [9.17, 15) is 9.50 Å². The Kier molecular flexibility index (Phi) is 3.56. The predicted octanol–water partition coefficient (Wildman–Crippen LogP) is 2.25. The van der Waals surface area contributed by atoms with Crippen molar-refractivity contribution in [2.24, 2.45) is 5.92 Å². The molecular formula is C13H18FNO. The largest absolute Gasteiger partial charge is 0.387 e. The Balaban J connectivity index is 1.79. The van der Waals surface area contributed by atoms with Gasteiger partial charge in [-0.15, -0.1) is 0 Å². The Morgan fingerprint density at radius 3 is 2.69 bits per heavy atom. The van der Waals surface area contributed by atoms with Gasteiger partial charge in [0.15, 0.2) is 0 Å². The van der Waals surface area contributed by atoms with Gasteiger partial charge in [0.1, 0.15) is 5.82 Å². The van der Waals surface area contributed by atoms with Gasteiger partial charge >= 0.3 is 0 Å². The number of aliphatic hydroxyl groups is 1. The monoisotopic (exact) mass is 223 g/mol. The van der Waals surface area contributed by atoms with E-state index in [0.29, 0.717) is 12.6 Å². The standard InChI is InChI=1S/C13H18FNO/c1-2-9-7-12(9)15-8-13(16)10-3-5-11(14)6-4-10/h3-6,9,12-13,15-16H,2,7-8H2,1H3. The molecule has 0 radical (unpaired) electrons. The van der Waals surface area contributed by atoms with Crippen molar-refractivity contribution in [2.75, 3.05) is 6.54 Å². The molecule has 3 unspecified atom stereocenters. The van der Waals surface area contributed by atoms with Crippen LogP contribution in [0, 0.1) is 11.7 Å². The quantitative estimate of drug-likeness (QED) is 0.802. The number of nitrogens with one attached hydrogen (secondary N) is 1. The molecule has 0 saturated heterocycles. The van der Waals surface area contributed by atoms with Crippen LogP contribution in [0.1, 0.15) is 31.4 Å². The maximum atomic E-state index is 12.7. The van der Waals surface area contributed by atoms with Crippen molar-refractivity contribution in [1.29, 1.82) is 0 Å². The van der Waals surface area contributed by atoms with Crippen LogP contribution in [-0.4, -0.2) is 17.7 Å². The van der Waals surface area contributed by atoms with Gasteiger partial charge in [-0.1, -0.05) is 25.5 Å². The zero-order chi connectivity index (χ0) is 11.5. The first kappa shape index (κ1) is 11.6. The average Bonchev–Trinajstić information content (AvgIpc) is 3.05. The molecule has 1 fully saturated rings. The van der Waals surface area contributed by atoms with Crippen molar-refractivity contribution >= 4 is 0 Å². The molecule has 1 aromatic rings. The molecule has 0 spiro atoms. The molecule has 88 valence electrons. The van der Waals surface area contributed by atoms with Crippen molar-refractivity contribution in [3.63, 3.8) is 0 Å². The summed E-state index contributed by atoms with van der Waals surface area (Å²) < 4.78 is 12.7. The maximum absolute atomic E-state index is 12.7. The van der Waals surface area contributed by atoms with E-state index in [2.05, 4.69) is 12.2 Å². The molecule has 0 aromatic heterocycles. The molecule has 0 bridgehead atoms. The lowest BCUT2D eigenvalue weighted by atomic mass is 10.1. The Morgan fingerprint density at radius 2 is 2.12 bits per heavy atom. The lowest BCUT2D eigenvalue weighted by molar-refractivity contribution is 0.173. The highest BCUT2D eigenvalue weighted by Crippen LogP contribution is 2.33. The third-order valence-corrected chi connectivity index (χ3v) is 3.28. The molecule has 3 atom stereocenters. The summed E-state index contributed by atoms with van der Waals surface area (Å²) in [5.41, 5.74) is 0.766. The fourth-order valence-electron chi connectivity index (χ4n) is 2.01. The third kappa shape index (κ3) is 2.80. The second-order valence-electron chi connectivity index (χ2n) is 4.49. The van der Waals surface area contributed by atoms with Gasteiger partial charge in [-0.2, -0.15) is 0 Å². The average molecular weight is 223 g/mol. The molecule has 2 nitrogen and oxygen atoms in total. The minimum absolute atomic E-state index is 0.267. The van der Waals surface area contributed by atoms with Crippen molar-refractivity contribution in [2.45, 2.75) is 31.9 Å². The fraction of sp³-hybridized carbons (Fsp3) is 0.538. The van der Waals surface area contributed by atoms with Crippen LogP contribution in [0.25, 0.3) is 0 Å².